The third-order valence-electron chi connectivity index (χ3n) is 4.85. The molecule has 25 heavy (non-hydrogen) atoms. The van der Waals surface area contributed by atoms with E-state index >= 15 is 0 Å². The van der Waals surface area contributed by atoms with Crippen LogP contribution in [0.1, 0.15) is 25.3 Å². The maximum absolute atomic E-state index is 12.0. The molecule has 2 saturated heterocycles. The van der Waals surface area contributed by atoms with Gasteiger partial charge in [-0.05, 0) is 45.4 Å². The van der Waals surface area contributed by atoms with Crippen molar-refractivity contribution in [3.05, 3.63) is 29.8 Å². The Balaban J connectivity index is 1.32. The van der Waals surface area contributed by atoms with E-state index in [2.05, 4.69) is 15.5 Å². The molecule has 0 unspecified atom stereocenters. The highest BCUT2D eigenvalue weighted by Crippen LogP contribution is 2.22. The predicted octanol–water partition coefficient (Wildman–Crippen LogP) is 1.92. The molecule has 3 rings (SSSR count). The molecule has 0 saturated carbocycles. The fraction of sp³-hybridized carbons (Fsp3) is 0.632. The minimum absolute atomic E-state index is 0.0726. The zero-order valence-corrected chi connectivity index (χ0v) is 15.2. The first-order valence-corrected chi connectivity index (χ1v) is 9.19. The zero-order chi connectivity index (χ0) is 17.6. The highest BCUT2D eigenvalue weighted by molar-refractivity contribution is 5.74. The van der Waals surface area contributed by atoms with Crippen molar-refractivity contribution in [3.8, 4) is 5.75 Å². The van der Waals surface area contributed by atoms with Gasteiger partial charge in [-0.25, -0.2) is 4.79 Å². The number of carbonyl (C=O) groups excluding carboxylic acids is 1. The Bertz CT molecular complexity index is 564. The van der Waals surface area contributed by atoms with Crippen LogP contribution in [0.2, 0.25) is 0 Å². The summed E-state index contributed by atoms with van der Waals surface area (Å²) in [6, 6.07) is 8.24. The molecule has 2 N–H and O–H groups in total. The van der Waals surface area contributed by atoms with Gasteiger partial charge in [0.25, 0.3) is 0 Å². The molecule has 138 valence electrons. The monoisotopic (exact) mass is 347 g/mol. The quantitative estimate of drug-likeness (QED) is 0.825. The molecule has 2 amide bonds. The second kappa shape index (κ2) is 8.54. The number of ether oxygens (including phenoxy) is 2. The number of hydrogen-bond acceptors (Lipinski definition) is 4. The summed E-state index contributed by atoms with van der Waals surface area (Å²) in [7, 11) is 0. The van der Waals surface area contributed by atoms with Crippen LogP contribution in [0.25, 0.3) is 0 Å². The molecule has 0 bridgehead atoms. The van der Waals surface area contributed by atoms with E-state index in [-0.39, 0.29) is 18.2 Å². The van der Waals surface area contributed by atoms with Gasteiger partial charge in [-0.2, -0.15) is 0 Å². The number of fused-ring (bicyclic) bond motifs is 1. The third kappa shape index (κ3) is 5.34. The van der Waals surface area contributed by atoms with Crippen LogP contribution in [-0.4, -0.2) is 62.0 Å². The molecule has 3 atom stereocenters. The molecular weight excluding hydrogens is 318 g/mol. The zero-order valence-electron chi connectivity index (χ0n) is 15.2. The van der Waals surface area contributed by atoms with Crippen molar-refractivity contribution in [3.63, 3.8) is 0 Å². The van der Waals surface area contributed by atoms with Gasteiger partial charge in [0, 0.05) is 19.1 Å². The lowest BCUT2D eigenvalue weighted by Gasteiger charge is -2.35. The minimum atomic E-state index is -0.174. The van der Waals surface area contributed by atoms with Gasteiger partial charge >= 0.3 is 6.03 Å². The van der Waals surface area contributed by atoms with E-state index in [9.17, 15) is 4.79 Å². The highest BCUT2D eigenvalue weighted by Gasteiger charge is 2.32. The van der Waals surface area contributed by atoms with Crippen molar-refractivity contribution in [2.24, 2.45) is 0 Å². The van der Waals surface area contributed by atoms with Crippen molar-refractivity contribution in [1.29, 1.82) is 0 Å². The SMILES string of the molecule is Cc1ccc(OC[C@H](C)NC(=O)NC[C@@H]2CN3CCC[C@@H]3CO2)cc1. The Labute approximate surface area is 149 Å². The molecule has 0 radical (unpaired) electrons. The van der Waals surface area contributed by atoms with Crippen molar-refractivity contribution >= 4 is 6.03 Å². The van der Waals surface area contributed by atoms with E-state index in [1.54, 1.807) is 0 Å². The number of morpholine rings is 1. The minimum Gasteiger partial charge on any atom is -0.491 e. The fourth-order valence-corrected chi connectivity index (χ4v) is 3.39. The molecule has 2 aliphatic heterocycles. The van der Waals surface area contributed by atoms with Crippen LogP contribution in [0.3, 0.4) is 0 Å². The number of carbonyl (C=O) groups is 1. The average Bonchev–Trinajstić information content (AvgIpc) is 3.07. The Morgan fingerprint density at radius 3 is 3.00 bits per heavy atom. The molecule has 6 nitrogen and oxygen atoms in total. The number of hydrogen-bond donors (Lipinski definition) is 2. The van der Waals surface area contributed by atoms with Crippen LogP contribution in [0.5, 0.6) is 5.75 Å². The van der Waals surface area contributed by atoms with E-state index in [0.717, 1.165) is 25.4 Å². The fourth-order valence-electron chi connectivity index (χ4n) is 3.39. The summed E-state index contributed by atoms with van der Waals surface area (Å²) < 4.78 is 11.5. The van der Waals surface area contributed by atoms with Crippen molar-refractivity contribution in [2.75, 3.05) is 32.8 Å². The summed E-state index contributed by atoms with van der Waals surface area (Å²) in [5.41, 5.74) is 1.20. The summed E-state index contributed by atoms with van der Waals surface area (Å²) in [5.74, 6) is 0.815. The smallest absolute Gasteiger partial charge is 0.315 e. The lowest BCUT2D eigenvalue weighted by atomic mass is 10.2. The van der Waals surface area contributed by atoms with E-state index in [0.29, 0.717) is 19.2 Å². The van der Waals surface area contributed by atoms with E-state index in [4.69, 9.17) is 9.47 Å². The largest absolute Gasteiger partial charge is 0.491 e. The van der Waals surface area contributed by atoms with Crippen LogP contribution < -0.4 is 15.4 Å². The van der Waals surface area contributed by atoms with E-state index < -0.39 is 0 Å². The first-order chi connectivity index (χ1) is 12.1. The maximum atomic E-state index is 12.0. The number of amides is 2. The Morgan fingerprint density at radius 1 is 1.40 bits per heavy atom. The molecule has 1 aromatic rings. The standard InChI is InChI=1S/C19H29N3O3/c1-14-5-7-17(8-6-14)24-12-15(2)21-19(23)20-10-18-11-22-9-3-4-16(22)13-25-18/h5-8,15-16,18H,3-4,9-13H2,1-2H3,(H2,20,21,23)/t15-,16+,18+/m0/s1. The Kier molecular flexibility index (Phi) is 6.15. The molecule has 2 fully saturated rings. The molecule has 2 aliphatic rings. The van der Waals surface area contributed by atoms with Crippen molar-refractivity contribution in [2.45, 2.75) is 44.9 Å². The van der Waals surface area contributed by atoms with Gasteiger partial charge in [-0.1, -0.05) is 17.7 Å². The Morgan fingerprint density at radius 2 is 2.20 bits per heavy atom. The van der Waals surface area contributed by atoms with Crippen LogP contribution in [0.15, 0.2) is 24.3 Å². The molecule has 0 spiro atoms. The predicted molar refractivity (Wildman–Crippen MR) is 97.0 cm³/mol. The van der Waals surface area contributed by atoms with Gasteiger partial charge in [0.15, 0.2) is 0 Å². The lowest BCUT2D eigenvalue weighted by molar-refractivity contribution is -0.0458. The maximum Gasteiger partial charge on any atom is 0.315 e. The number of nitrogens with zero attached hydrogens (tertiary/aromatic N) is 1. The first-order valence-electron chi connectivity index (χ1n) is 9.19. The number of rotatable bonds is 6. The van der Waals surface area contributed by atoms with Gasteiger partial charge in [-0.15, -0.1) is 0 Å². The molecular formula is C19H29N3O3. The summed E-state index contributed by atoms with van der Waals surface area (Å²) >= 11 is 0. The summed E-state index contributed by atoms with van der Waals surface area (Å²) in [6.45, 7) is 7.81. The van der Waals surface area contributed by atoms with Gasteiger partial charge in [-0.3, -0.25) is 4.90 Å². The summed E-state index contributed by atoms with van der Waals surface area (Å²) in [5, 5.41) is 5.81. The number of aryl methyl sites for hydroxylation is 1. The summed E-state index contributed by atoms with van der Waals surface area (Å²) in [6.07, 6.45) is 2.57. The molecule has 2 heterocycles. The third-order valence-corrected chi connectivity index (χ3v) is 4.85. The Hall–Kier alpha value is -1.79. The van der Waals surface area contributed by atoms with E-state index in [1.807, 2.05) is 38.1 Å². The topological polar surface area (TPSA) is 62.8 Å². The van der Waals surface area contributed by atoms with Crippen LogP contribution in [-0.2, 0) is 4.74 Å². The van der Waals surface area contributed by atoms with Crippen molar-refractivity contribution in [1.82, 2.24) is 15.5 Å². The van der Waals surface area contributed by atoms with Crippen molar-refractivity contribution < 1.29 is 14.3 Å². The second-order valence-electron chi connectivity index (χ2n) is 7.13. The molecule has 0 aromatic heterocycles. The first kappa shape index (κ1) is 18.0. The summed E-state index contributed by atoms with van der Waals surface area (Å²) in [4.78, 5) is 14.5. The van der Waals surface area contributed by atoms with Gasteiger partial charge in [0.1, 0.15) is 12.4 Å². The average molecular weight is 347 g/mol. The van der Waals surface area contributed by atoms with Gasteiger partial charge < -0.3 is 20.1 Å². The normalized spacial score (nSPS) is 24.4. The second-order valence-corrected chi connectivity index (χ2v) is 7.13. The van der Waals surface area contributed by atoms with Gasteiger partial charge in [0.05, 0.1) is 18.8 Å². The number of benzene rings is 1. The lowest BCUT2D eigenvalue weighted by Crippen LogP contribution is -2.52. The van der Waals surface area contributed by atoms with Crippen LogP contribution >= 0.6 is 0 Å². The molecule has 0 aliphatic carbocycles. The molecule has 1 aromatic carbocycles. The number of urea groups is 1. The van der Waals surface area contributed by atoms with Crippen LogP contribution in [0.4, 0.5) is 4.79 Å². The van der Waals surface area contributed by atoms with E-state index in [1.165, 1.54) is 18.4 Å². The number of nitrogens with one attached hydrogen (secondary N) is 2. The van der Waals surface area contributed by atoms with Crippen LogP contribution in [0, 0.1) is 6.92 Å². The molecule has 6 heteroatoms. The van der Waals surface area contributed by atoms with Gasteiger partial charge in [0.2, 0.25) is 0 Å². The highest BCUT2D eigenvalue weighted by atomic mass is 16.5.